The van der Waals surface area contributed by atoms with Crippen molar-refractivity contribution in [2.75, 3.05) is 24.6 Å². The van der Waals surface area contributed by atoms with Gasteiger partial charge in [0.2, 0.25) is 5.69 Å². The maximum absolute atomic E-state index is 11.4. The number of likely N-dealkylation sites (N-methyl/N-ethyl adjacent to an activating group) is 1. The topological polar surface area (TPSA) is 91.5 Å². The molecule has 0 unspecified atom stereocenters. The van der Waals surface area contributed by atoms with E-state index in [2.05, 4.69) is 10.2 Å². The van der Waals surface area contributed by atoms with Crippen molar-refractivity contribution in [2.24, 2.45) is 0 Å². The maximum Gasteiger partial charge on any atom is 0.360 e. The lowest BCUT2D eigenvalue weighted by molar-refractivity contribution is 0.0690. The van der Waals surface area contributed by atoms with Crippen LogP contribution in [-0.4, -0.2) is 50.9 Å². The minimum Gasteiger partial charge on any atom is -0.476 e. The smallest absolute Gasteiger partial charge is 0.360 e. The summed E-state index contributed by atoms with van der Waals surface area (Å²) in [5.74, 6) is -0.872. The Kier molecular flexibility index (Phi) is 4.54. The molecule has 0 aliphatic carbocycles. The second kappa shape index (κ2) is 6.36. The lowest BCUT2D eigenvalue weighted by Crippen LogP contribution is -2.28. The van der Waals surface area contributed by atoms with Gasteiger partial charge in [-0.2, -0.15) is 0 Å². The second-order valence-electron chi connectivity index (χ2n) is 4.56. The van der Waals surface area contributed by atoms with Crippen molar-refractivity contribution in [3.8, 4) is 5.69 Å². The Morgan fingerprint density at radius 2 is 2.05 bits per heavy atom. The van der Waals surface area contributed by atoms with Crippen LogP contribution >= 0.6 is 0 Å². The van der Waals surface area contributed by atoms with E-state index in [9.17, 15) is 9.90 Å². The van der Waals surface area contributed by atoms with Crippen LogP contribution in [0.3, 0.4) is 0 Å². The number of aromatic carboxylic acids is 1. The summed E-state index contributed by atoms with van der Waals surface area (Å²) < 4.78 is 0. The van der Waals surface area contributed by atoms with Crippen molar-refractivity contribution in [1.29, 1.82) is 0 Å². The molecule has 0 fully saturated rings. The van der Waals surface area contributed by atoms with Gasteiger partial charge in [0.1, 0.15) is 0 Å². The largest absolute Gasteiger partial charge is 0.476 e. The van der Waals surface area contributed by atoms with Gasteiger partial charge in [0.15, 0.2) is 5.82 Å². The lowest BCUT2D eigenvalue weighted by Gasteiger charge is -2.18. The highest BCUT2D eigenvalue weighted by atomic mass is 16.4. The van der Waals surface area contributed by atoms with Crippen LogP contribution in [0.4, 0.5) is 5.82 Å². The molecule has 0 aliphatic heterocycles. The summed E-state index contributed by atoms with van der Waals surface area (Å²) in [7, 11) is 0. The van der Waals surface area contributed by atoms with E-state index in [1.807, 2.05) is 38.1 Å². The molecule has 0 spiro atoms. The predicted molar refractivity (Wildman–Crippen MR) is 78.0 cm³/mol. The minimum atomic E-state index is -1.14. The zero-order valence-electron chi connectivity index (χ0n) is 12.0. The fourth-order valence-corrected chi connectivity index (χ4v) is 2.08. The zero-order valence-corrected chi connectivity index (χ0v) is 12.0. The molecule has 0 saturated carbocycles. The number of aliphatic hydroxyl groups excluding tert-OH is 1. The Hall–Kier alpha value is -2.41. The van der Waals surface area contributed by atoms with Crippen LogP contribution in [0.2, 0.25) is 0 Å². The number of aliphatic hydroxyl groups is 1. The SMILES string of the molecule is CCN(CCO)c1nn(-c2ccccc2C)nc1C(=O)O. The summed E-state index contributed by atoms with van der Waals surface area (Å²) in [5, 5.41) is 26.8. The van der Waals surface area contributed by atoms with E-state index in [1.165, 1.54) is 4.80 Å². The van der Waals surface area contributed by atoms with Crippen LogP contribution in [0.25, 0.3) is 5.69 Å². The predicted octanol–water partition coefficient (Wildman–Crippen LogP) is 1.09. The number of anilines is 1. The van der Waals surface area contributed by atoms with Gasteiger partial charge in [0, 0.05) is 13.1 Å². The van der Waals surface area contributed by atoms with Gasteiger partial charge < -0.3 is 15.1 Å². The Labute approximate surface area is 122 Å². The molecule has 2 N–H and O–H groups in total. The normalized spacial score (nSPS) is 10.6. The fraction of sp³-hybridized carbons (Fsp3) is 0.357. The highest BCUT2D eigenvalue weighted by molar-refractivity contribution is 5.91. The van der Waals surface area contributed by atoms with Crippen LogP contribution in [0, 0.1) is 6.92 Å². The first-order chi connectivity index (χ1) is 10.1. The fourth-order valence-electron chi connectivity index (χ4n) is 2.08. The van der Waals surface area contributed by atoms with Crippen molar-refractivity contribution in [2.45, 2.75) is 13.8 Å². The van der Waals surface area contributed by atoms with E-state index in [-0.39, 0.29) is 18.1 Å². The molecule has 7 heteroatoms. The average Bonchev–Trinajstić information content (AvgIpc) is 2.90. The van der Waals surface area contributed by atoms with Crippen LogP contribution in [-0.2, 0) is 0 Å². The number of carboxylic acids is 1. The third-order valence-electron chi connectivity index (χ3n) is 3.18. The van der Waals surface area contributed by atoms with E-state index in [4.69, 9.17) is 5.11 Å². The number of aryl methyl sites for hydroxylation is 1. The third-order valence-corrected chi connectivity index (χ3v) is 3.18. The summed E-state index contributed by atoms with van der Waals surface area (Å²) in [5.41, 5.74) is 1.56. The number of carboxylic acid groups (broad SMARTS) is 1. The van der Waals surface area contributed by atoms with Crippen LogP contribution in [0.5, 0.6) is 0 Å². The molecule has 7 nitrogen and oxygen atoms in total. The number of hydrogen-bond donors (Lipinski definition) is 2. The Bertz CT molecular complexity index is 639. The van der Waals surface area contributed by atoms with Gasteiger partial charge in [-0.1, -0.05) is 18.2 Å². The van der Waals surface area contributed by atoms with Gasteiger partial charge in [-0.05, 0) is 25.5 Å². The lowest BCUT2D eigenvalue weighted by atomic mass is 10.2. The Morgan fingerprint density at radius 3 is 2.62 bits per heavy atom. The number of carbonyl (C=O) groups is 1. The molecular formula is C14H18N4O3. The number of hydrogen-bond acceptors (Lipinski definition) is 5. The molecule has 0 amide bonds. The summed E-state index contributed by atoms with van der Waals surface area (Å²) >= 11 is 0. The number of nitrogens with zero attached hydrogens (tertiary/aromatic N) is 4. The highest BCUT2D eigenvalue weighted by Crippen LogP contribution is 2.19. The van der Waals surface area contributed by atoms with E-state index < -0.39 is 5.97 Å². The minimum absolute atomic E-state index is 0.0792. The van der Waals surface area contributed by atoms with Crippen LogP contribution < -0.4 is 4.90 Å². The molecule has 1 heterocycles. The number of aromatic nitrogens is 3. The quantitative estimate of drug-likeness (QED) is 0.827. The first-order valence-electron chi connectivity index (χ1n) is 6.71. The first-order valence-corrected chi connectivity index (χ1v) is 6.71. The van der Waals surface area contributed by atoms with Crippen molar-refractivity contribution in [1.82, 2.24) is 15.0 Å². The number of rotatable bonds is 6. The first kappa shape index (κ1) is 15.0. The van der Waals surface area contributed by atoms with Gasteiger partial charge in [0.25, 0.3) is 0 Å². The van der Waals surface area contributed by atoms with Crippen molar-refractivity contribution in [3.63, 3.8) is 0 Å². The molecule has 0 atom stereocenters. The van der Waals surface area contributed by atoms with Gasteiger partial charge in [-0.15, -0.1) is 15.0 Å². The molecule has 1 aromatic carbocycles. The van der Waals surface area contributed by atoms with Gasteiger partial charge in [0.05, 0.1) is 12.3 Å². The van der Waals surface area contributed by atoms with E-state index in [0.29, 0.717) is 13.1 Å². The molecule has 2 rings (SSSR count). The molecule has 2 aromatic rings. The molecule has 0 radical (unpaired) electrons. The zero-order chi connectivity index (χ0) is 15.4. The molecule has 112 valence electrons. The van der Waals surface area contributed by atoms with Gasteiger partial charge >= 0.3 is 5.97 Å². The number of benzene rings is 1. The van der Waals surface area contributed by atoms with E-state index in [0.717, 1.165) is 11.3 Å². The molecule has 0 aliphatic rings. The van der Waals surface area contributed by atoms with Crippen molar-refractivity contribution >= 4 is 11.8 Å². The van der Waals surface area contributed by atoms with E-state index >= 15 is 0 Å². The summed E-state index contributed by atoms with van der Waals surface area (Å²) in [6.07, 6.45) is 0. The van der Waals surface area contributed by atoms with E-state index in [1.54, 1.807) is 4.90 Å². The monoisotopic (exact) mass is 290 g/mol. The number of para-hydroxylation sites is 1. The van der Waals surface area contributed by atoms with Gasteiger partial charge in [-0.3, -0.25) is 0 Å². The van der Waals surface area contributed by atoms with Gasteiger partial charge in [-0.25, -0.2) is 4.79 Å². The summed E-state index contributed by atoms with van der Waals surface area (Å²) in [4.78, 5) is 14.4. The van der Waals surface area contributed by atoms with Crippen LogP contribution in [0.15, 0.2) is 24.3 Å². The van der Waals surface area contributed by atoms with Crippen molar-refractivity contribution in [3.05, 3.63) is 35.5 Å². The molecule has 21 heavy (non-hydrogen) atoms. The molecule has 0 saturated heterocycles. The summed E-state index contributed by atoms with van der Waals surface area (Å²) in [6.45, 7) is 4.54. The van der Waals surface area contributed by atoms with Crippen LogP contribution in [0.1, 0.15) is 23.0 Å². The standard InChI is InChI=1S/C14H18N4O3/c1-3-17(8-9-19)13-12(14(20)21)15-18(16-13)11-7-5-4-6-10(11)2/h4-7,19H,3,8-9H2,1-2H3,(H,20,21). The Morgan fingerprint density at radius 1 is 1.33 bits per heavy atom. The maximum atomic E-state index is 11.4. The highest BCUT2D eigenvalue weighted by Gasteiger charge is 2.23. The summed E-state index contributed by atoms with van der Waals surface area (Å²) in [6, 6.07) is 7.47. The third kappa shape index (κ3) is 3.03. The Balaban J connectivity index is 2.51. The molecular weight excluding hydrogens is 272 g/mol. The molecule has 1 aromatic heterocycles. The second-order valence-corrected chi connectivity index (χ2v) is 4.56. The molecule has 0 bridgehead atoms. The van der Waals surface area contributed by atoms with Crippen molar-refractivity contribution < 1.29 is 15.0 Å². The average molecular weight is 290 g/mol.